The SMILES string of the molecule is CCCn1ncc(OC)c1C(CC)NC. The second kappa shape index (κ2) is 5.75. The molecule has 0 amide bonds. The molecule has 1 heterocycles. The van der Waals surface area contributed by atoms with Crippen molar-refractivity contribution < 1.29 is 4.74 Å². The largest absolute Gasteiger partial charge is 0.493 e. The molecule has 0 aliphatic rings. The fourth-order valence-electron chi connectivity index (χ4n) is 1.81. The van der Waals surface area contributed by atoms with Gasteiger partial charge in [0.05, 0.1) is 25.0 Å². The molecule has 0 saturated carbocycles. The van der Waals surface area contributed by atoms with Crippen molar-refractivity contribution in [2.24, 2.45) is 0 Å². The number of aryl methyl sites for hydroxylation is 1. The highest BCUT2D eigenvalue weighted by atomic mass is 16.5. The zero-order valence-electron chi connectivity index (χ0n) is 10.1. The van der Waals surface area contributed by atoms with Gasteiger partial charge in [-0.25, -0.2) is 0 Å². The van der Waals surface area contributed by atoms with Crippen LogP contribution in [-0.2, 0) is 6.54 Å². The Hall–Kier alpha value is -1.03. The minimum absolute atomic E-state index is 0.314. The third-order valence-corrected chi connectivity index (χ3v) is 2.59. The van der Waals surface area contributed by atoms with Crippen LogP contribution in [0, 0.1) is 0 Å². The maximum absolute atomic E-state index is 5.33. The van der Waals surface area contributed by atoms with Crippen molar-refractivity contribution in [2.75, 3.05) is 14.2 Å². The maximum atomic E-state index is 5.33. The van der Waals surface area contributed by atoms with Gasteiger partial charge in [-0.2, -0.15) is 5.10 Å². The molecule has 0 fully saturated rings. The Bertz CT molecular complexity index is 292. The Morgan fingerprint density at radius 1 is 1.53 bits per heavy atom. The topological polar surface area (TPSA) is 39.1 Å². The summed E-state index contributed by atoms with van der Waals surface area (Å²) in [7, 11) is 3.66. The van der Waals surface area contributed by atoms with Crippen LogP contribution in [0.2, 0.25) is 0 Å². The first kappa shape index (κ1) is 12.0. The van der Waals surface area contributed by atoms with Gasteiger partial charge >= 0.3 is 0 Å². The number of ether oxygens (including phenoxy) is 1. The van der Waals surface area contributed by atoms with Crippen LogP contribution in [0.15, 0.2) is 6.20 Å². The van der Waals surface area contributed by atoms with Gasteiger partial charge in [0.15, 0.2) is 5.75 Å². The zero-order valence-corrected chi connectivity index (χ0v) is 10.1. The van der Waals surface area contributed by atoms with Crippen molar-refractivity contribution in [3.63, 3.8) is 0 Å². The molecule has 4 nitrogen and oxygen atoms in total. The predicted octanol–water partition coefficient (Wildman–Crippen LogP) is 1.97. The smallest absolute Gasteiger partial charge is 0.161 e. The van der Waals surface area contributed by atoms with Gasteiger partial charge in [0.1, 0.15) is 0 Å². The first-order chi connectivity index (χ1) is 7.28. The highest BCUT2D eigenvalue weighted by molar-refractivity contribution is 5.28. The number of nitrogens with one attached hydrogen (secondary N) is 1. The van der Waals surface area contributed by atoms with E-state index in [0.717, 1.165) is 30.8 Å². The molecule has 0 aliphatic carbocycles. The number of methoxy groups -OCH3 is 1. The summed E-state index contributed by atoms with van der Waals surface area (Å²) in [5.41, 5.74) is 1.16. The Balaban J connectivity index is 3.02. The van der Waals surface area contributed by atoms with Crippen molar-refractivity contribution in [1.29, 1.82) is 0 Å². The summed E-state index contributed by atoms with van der Waals surface area (Å²) in [4.78, 5) is 0. The molecule has 4 heteroatoms. The van der Waals surface area contributed by atoms with Gasteiger partial charge in [-0.05, 0) is 19.9 Å². The molecule has 86 valence electrons. The van der Waals surface area contributed by atoms with Gasteiger partial charge in [-0.3, -0.25) is 4.68 Å². The van der Waals surface area contributed by atoms with E-state index in [0.29, 0.717) is 6.04 Å². The van der Waals surface area contributed by atoms with Gasteiger partial charge in [-0.1, -0.05) is 13.8 Å². The van der Waals surface area contributed by atoms with E-state index >= 15 is 0 Å². The van der Waals surface area contributed by atoms with Crippen molar-refractivity contribution >= 4 is 0 Å². The minimum Gasteiger partial charge on any atom is -0.493 e. The number of rotatable bonds is 6. The number of aromatic nitrogens is 2. The Morgan fingerprint density at radius 3 is 2.73 bits per heavy atom. The second-order valence-corrected chi connectivity index (χ2v) is 3.57. The Labute approximate surface area is 91.6 Å². The summed E-state index contributed by atoms with van der Waals surface area (Å²) < 4.78 is 7.36. The van der Waals surface area contributed by atoms with Crippen LogP contribution >= 0.6 is 0 Å². The molecule has 0 aliphatic heterocycles. The van der Waals surface area contributed by atoms with E-state index in [-0.39, 0.29) is 0 Å². The molecule has 1 rings (SSSR count). The lowest BCUT2D eigenvalue weighted by Gasteiger charge is -2.17. The fraction of sp³-hybridized carbons (Fsp3) is 0.727. The molecule has 15 heavy (non-hydrogen) atoms. The summed E-state index contributed by atoms with van der Waals surface area (Å²) in [6.07, 6.45) is 3.91. The van der Waals surface area contributed by atoms with Gasteiger partial charge < -0.3 is 10.1 Å². The molecule has 1 aromatic heterocycles. The molecular formula is C11H21N3O. The van der Waals surface area contributed by atoms with E-state index in [1.807, 2.05) is 11.7 Å². The average Bonchev–Trinajstić information content (AvgIpc) is 2.64. The third kappa shape index (κ3) is 2.50. The molecule has 1 aromatic rings. The van der Waals surface area contributed by atoms with Gasteiger partial charge in [-0.15, -0.1) is 0 Å². The van der Waals surface area contributed by atoms with E-state index in [9.17, 15) is 0 Å². The lowest BCUT2D eigenvalue weighted by molar-refractivity contribution is 0.392. The van der Waals surface area contributed by atoms with Crippen molar-refractivity contribution in [2.45, 2.75) is 39.3 Å². The van der Waals surface area contributed by atoms with Gasteiger partial charge in [0.25, 0.3) is 0 Å². The van der Waals surface area contributed by atoms with E-state index < -0.39 is 0 Å². The standard InChI is InChI=1S/C11H21N3O/c1-5-7-14-11(9(6-2)12-3)10(15-4)8-13-14/h8-9,12H,5-7H2,1-4H3. The fourth-order valence-corrected chi connectivity index (χ4v) is 1.81. The quantitative estimate of drug-likeness (QED) is 0.782. The van der Waals surface area contributed by atoms with Crippen molar-refractivity contribution in [1.82, 2.24) is 15.1 Å². The molecular weight excluding hydrogens is 190 g/mol. The number of hydrogen-bond acceptors (Lipinski definition) is 3. The molecule has 0 saturated heterocycles. The van der Waals surface area contributed by atoms with Crippen LogP contribution < -0.4 is 10.1 Å². The van der Waals surface area contributed by atoms with E-state index in [1.165, 1.54) is 0 Å². The second-order valence-electron chi connectivity index (χ2n) is 3.57. The maximum Gasteiger partial charge on any atom is 0.161 e. The van der Waals surface area contributed by atoms with E-state index in [4.69, 9.17) is 4.74 Å². The predicted molar refractivity (Wildman–Crippen MR) is 61.2 cm³/mol. The Kier molecular flexibility index (Phi) is 4.62. The molecule has 1 N–H and O–H groups in total. The van der Waals surface area contributed by atoms with Crippen LogP contribution in [0.5, 0.6) is 5.75 Å². The highest BCUT2D eigenvalue weighted by Gasteiger charge is 2.18. The van der Waals surface area contributed by atoms with E-state index in [1.54, 1.807) is 13.3 Å². The molecule has 0 aromatic carbocycles. The summed E-state index contributed by atoms with van der Waals surface area (Å²) in [5, 5.41) is 7.63. The van der Waals surface area contributed by atoms with Crippen molar-refractivity contribution in [3.8, 4) is 5.75 Å². The normalized spacial score (nSPS) is 12.8. The first-order valence-corrected chi connectivity index (χ1v) is 5.55. The third-order valence-electron chi connectivity index (χ3n) is 2.59. The average molecular weight is 211 g/mol. The summed E-state index contributed by atoms with van der Waals surface area (Å²) in [6.45, 7) is 5.25. The molecule has 0 spiro atoms. The van der Waals surface area contributed by atoms with E-state index in [2.05, 4.69) is 24.3 Å². The Morgan fingerprint density at radius 2 is 2.27 bits per heavy atom. The van der Waals surface area contributed by atoms with Crippen molar-refractivity contribution in [3.05, 3.63) is 11.9 Å². The summed E-state index contributed by atoms with van der Waals surface area (Å²) in [6, 6.07) is 0.314. The first-order valence-electron chi connectivity index (χ1n) is 5.55. The van der Waals surface area contributed by atoms with Crippen LogP contribution in [0.1, 0.15) is 38.4 Å². The van der Waals surface area contributed by atoms with Crippen LogP contribution in [0.25, 0.3) is 0 Å². The monoisotopic (exact) mass is 211 g/mol. The summed E-state index contributed by atoms with van der Waals surface area (Å²) >= 11 is 0. The highest BCUT2D eigenvalue weighted by Crippen LogP contribution is 2.26. The molecule has 1 atom stereocenters. The summed E-state index contributed by atoms with van der Waals surface area (Å²) in [5.74, 6) is 0.879. The minimum atomic E-state index is 0.314. The van der Waals surface area contributed by atoms with Gasteiger partial charge in [0.2, 0.25) is 0 Å². The lowest BCUT2D eigenvalue weighted by atomic mass is 10.1. The molecule has 0 radical (unpaired) electrons. The lowest BCUT2D eigenvalue weighted by Crippen LogP contribution is -2.20. The van der Waals surface area contributed by atoms with Crippen LogP contribution in [0.3, 0.4) is 0 Å². The molecule has 0 bridgehead atoms. The van der Waals surface area contributed by atoms with Crippen LogP contribution in [0.4, 0.5) is 0 Å². The molecule has 1 unspecified atom stereocenters. The number of nitrogens with zero attached hydrogens (tertiary/aromatic N) is 2. The van der Waals surface area contributed by atoms with Gasteiger partial charge in [0, 0.05) is 6.54 Å². The zero-order chi connectivity index (χ0) is 11.3. The number of hydrogen-bond donors (Lipinski definition) is 1. The van der Waals surface area contributed by atoms with Crippen LogP contribution in [-0.4, -0.2) is 23.9 Å².